The van der Waals surface area contributed by atoms with Crippen molar-refractivity contribution in [1.29, 1.82) is 0 Å². The lowest BCUT2D eigenvalue weighted by Gasteiger charge is -2.06. The Bertz CT molecular complexity index is 615. The summed E-state index contributed by atoms with van der Waals surface area (Å²) in [6.45, 7) is 2.45. The zero-order valence-electron chi connectivity index (χ0n) is 11.6. The van der Waals surface area contributed by atoms with Crippen molar-refractivity contribution >= 4 is 11.7 Å². The molecule has 1 amide bonds. The predicted octanol–water partition coefficient (Wildman–Crippen LogP) is 1.39. The minimum Gasteiger partial charge on any atom is -0.368 e. The standard InChI is InChI=1S/C14H17FN4O2/c1-9(14(16)20)17-8-12-6-13(19-21-12)18-7-10-3-2-4-11(15)5-10/h2-6,9,17H,7-8H2,1H3,(H2,16,20)(H,18,19)/t9-/m0/s1. The number of halogens is 1. The van der Waals surface area contributed by atoms with Gasteiger partial charge in [-0.1, -0.05) is 17.3 Å². The summed E-state index contributed by atoms with van der Waals surface area (Å²) in [5.41, 5.74) is 5.94. The molecule has 6 nitrogen and oxygen atoms in total. The third kappa shape index (κ3) is 4.57. The van der Waals surface area contributed by atoms with Crippen LogP contribution in [0.5, 0.6) is 0 Å². The summed E-state index contributed by atoms with van der Waals surface area (Å²) < 4.78 is 18.1. The van der Waals surface area contributed by atoms with Crippen molar-refractivity contribution in [1.82, 2.24) is 10.5 Å². The quantitative estimate of drug-likeness (QED) is 0.717. The molecule has 0 saturated heterocycles. The lowest BCUT2D eigenvalue weighted by Crippen LogP contribution is -2.38. The van der Waals surface area contributed by atoms with Gasteiger partial charge < -0.3 is 15.6 Å². The molecule has 1 aromatic carbocycles. The van der Waals surface area contributed by atoms with Crippen molar-refractivity contribution in [2.45, 2.75) is 26.1 Å². The number of carbonyl (C=O) groups is 1. The van der Waals surface area contributed by atoms with Crippen molar-refractivity contribution in [3.05, 3.63) is 47.5 Å². The average Bonchev–Trinajstić information content (AvgIpc) is 2.90. The minimum absolute atomic E-state index is 0.278. The van der Waals surface area contributed by atoms with Crippen LogP contribution in [-0.4, -0.2) is 17.1 Å². The van der Waals surface area contributed by atoms with Crippen molar-refractivity contribution in [2.75, 3.05) is 5.32 Å². The third-order valence-electron chi connectivity index (χ3n) is 2.93. The molecule has 1 heterocycles. The zero-order valence-corrected chi connectivity index (χ0v) is 11.6. The molecule has 0 bridgehead atoms. The first kappa shape index (κ1) is 15.0. The number of nitrogens with two attached hydrogens (primary N) is 1. The van der Waals surface area contributed by atoms with E-state index in [1.807, 2.05) is 6.07 Å². The van der Waals surface area contributed by atoms with Gasteiger partial charge in [0.25, 0.3) is 0 Å². The molecule has 1 atom stereocenters. The Morgan fingerprint density at radius 2 is 2.24 bits per heavy atom. The first-order valence-electron chi connectivity index (χ1n) is 6.51. The van der Waals surface area contributed by atoms with E-state index in [1.165, 1.54) is 12.1 Å². The highest BCUT2D eigenvalue weighted by Gasteiger charge is 2.10. The van der Waals surface area contributed by atoms with Crippen LogP contribution in [0.15, 0.2) is 34.9 Å². The summed E-state index contributed by atoms with van der Waals surface area (Å²) in [7, 11) is 0. The number of nitrogens with one attached hydrogen (secondary N) is 2. The summed E-state index contributed by atoms with van der Waals surface area (Å²) >= 11 is 0. The number of benzene rings is 1. The number of rotatable bonds is 7. The maximum Gasteiger partial charge on any atom is 0.234 e. The molecular weight excluding hydrogens is 275 g/mol. The van der Waals surface area contributed by atoms with E-state index < -0.39 is 11.9 Å². The Morgan fingerprint density at radius 3 is 2.95 bits per heavy atom. The van der Waals surface area contributed by atoms with Crippen LogP contribution >= 0.6 is 0 Å². The van der Waals surface area contributed by atoms with Gasteiger partial charge in [0.1, 0.15) is 5.82 Å². The molecule has 0 radical (unpaired) electrons. The van der Waals surface area contributed by atoms with Crippen molar-refractivity contribution in [2.24, 2.45) is 5.73 Å². The highest BCUT2D eigenvalue weighted by atomic mass is 19.1. The SMILES string of the molecule is C[C@H](NCc1cc(NCc2cccc(F)c2)no1)C(N)=O. The largest absolute Gasteiger partial charge is 0.368 e. The van der Waals surface area contributed by atoms with E-state index in [-0.39, 0.29) is 5.82 Å². The number of aromatic nitrogens is 1. The summed E-state index contributed by atoms with van der Waals surface area (Å²) in [5.74, 6) is 0.409. The minimum atomic E-state index is -0.446. The number of carbonyl (C=O) groups excluding carboxylic acids is 1. The van der Waals surface area contributed by atoms with E-state index in [2.05, 4.69) is 15.8 Å². The van der Waals surface area contributed by atoms with Gasteiger partial charge in [-0.3, -0.25) is 10.1 Å². The molecule has 112 valence electrons. The highest BCUT2D eigenvalue weighted by molar-refractivity contribution is 5.79. The Morgan fingerprint density at radius 1 is 1.43 bits per heavy atom. The number of nitrogens with zero attached hydrogens (tertiary/aromatic N) is 1. The Hall–Kier alpha value is -2.41. The zero-order chi connectivity index (χ0) is 15.2. The number of hydrogen-bond donors (Lipinski definition) is 3. The molecular formula is C14H17FN4O2. The maximum absolute atomic E-state index is 13.0. The van der Waals surface area contributed by atoms with Gasteiger partial charge in [-0.05, 0) is 24.6 Å². The first-order chi connectivity index (χ1) is 10.0. The van der Waals surface area contributed by atoms with Gasteiger partial charge in [-0.25, -0.2) is 4.39 Å². The summed E-state index contributed by atoms with van der Waals surface area (Å²) in [6.07, 6.45) is 0. The molecule has 0 fully saturated rings. The molecule has 0 aliphatic carbocycles. The average molecular weight is 292 g/mol. The summed E-state index contributed by atoms with van der Waals surface area (Å²) in [5, 5.41) is 9.78. The fourth-order valence-corrected chi connectivity index (χ4v) is 1.67. The maximum atomic E-state index is 13.0. The van der Waals surface area contributed by atoms with Crippen LogP contribution in [0.3, 0.4) is 0 Å². The Kier molecular flexibility index (Phi) is 4.89. The van der Waals surface area contributed by atoms with Crippen LogP contribution in [0.1, 0.15) is 18.2 Å². The van der Waals surface area contributed by atoms with E-state index in [4.69, 9.17) is 10.3 Å². The number of hydrogen-bond acceptors (Lipinski definition) is 5. The molecule has 2 rings (SSSR count). The third-order valence-corrected chi connectivity index (χ3v) is 2.93. The van der Waals surface area contributed by atoms with Gasteiger partial charge in [0, 0.05) is 12.6 Å². The van der Waals surface area contributed by atoms with Gasteiger partial charge in [-0.15, -0.1) is 0 Å². The Balaban J connectivity index is 1.84. The van der Waals surface area contributed by atoms with Crippen LogP contribution in [0.25, 0.3) is 0 Å². The summed E-state index contributed by atoms with van der Waals surface area (Å²) in [6, 6.07) is 7.56. The second-order valence-electron chi connectivity index (χ2n) is 4.67. The molecule has 0 saturated carbocycles. The molecule has 4 N–H and O–H groups in total. The van der Waals surface area contributed by atoms with Crippen LogP contribution in [0.4, 0.5) is 10.2 Å². The smallest absolute Gasteiger partial charge is 0.234 e. The van der Waals surface area contributed by atoms with Crippen molar-refractivity contribution in [3.63, 3.8) is 0 Å². The second kappa shape index (κ2) is 6.85. The van der Waals surface area contributed by atoms with Gasteiger partial charge in [0.05, 0.1) is 12.6 Å². The van der Waals surface area contributed by atoms with Gasteiger partial charge in [-0.2, -0.15) is 0 Å². The molecule has 0 aliphatic heterocycles. The molecule has 0 unspecified atom stereocenters. The molecule has 0 aliphatic rings. The molecule has 7 heteroatoms. The monoisotopic (exact) mass is 292 g/mol. The van der Waals surface area contributed by atoms with Crippen LogP contribution < -0.4 is 16.4 Å². The van der Waals surface area contributed by atoms with E-state index in [9.17, 15) is 9.18 Å². The topological polar surface area (TPSA) is 93.2 Å². The van der Waals surface area contributed by atoms with Crippen molar-refractivity contribution in [3.8, 4) is 0 Å². The van der Waals surface area contributed by atoms with E-state index >= 15 is 0 Å². The number of primary amides is 1. The lowest BCUT2D eigenvalue weighted by molar-refractivity contribution is -0.119. The second-order valence-corrected chi connectivity index (χ2v) is 4.67. The van der Waals surface area contributed by atoms with Gasteiger partial charge >= 0.3 is 0 Å². The summed E-state index contributed by atoms with van der Waals surface area (Å²) in [4.78, 5) is 10.9. The molecule has 0 spiro atoms. The van der Waals surface area contributed by atoms with Crippen LogP contribution in [0.2, 0.25) is 0 Å². The van der Waals surface area contributed by atoms with E-state index in [1.54, 1.807) is 19.1 Å². The molecule has 1 aromatic heterocycles. The lowest BCUT2D eigenvalue weighted by atomic mass is 10.2. The first-order valence-corrected chi connectivity index (χ1v) is 6.51. The Labute approximate surface area is 121 Å². The molecule has 21 heavy (non-hydrogen) atoms. The molecule has 2 aromatic rings. The van der Waals surface area contributed by atoms with Gasteiger partial charge in [0.15, 0.2) is 11.6 Å². The highest BCUT2D eigenvalue weighted by Crippen LogP contribution is 2.11. The fraction of sp³-hybridized carbons (Fsp3) is 0.286. The van der Waals surface area contributed by atoms with Crippen molar-refractivity contribution < 1.29 is 13.7 Å². The van der Waals surface area contributed by atoms with Crippen LogP contribution in [-0.2, 0) is 17.9 Å². The normalized spacial score (nSPS) is 12.1. The number of amides is 1. The predicted molar refractivity (Wildman–Crippen MR) is 75.7 cm³/mol. The van der Waals surface area contributed by atoms with E-state index in [0.29, 0.717) is 24.7 Å². The van der Waals surface area contributed by atoms with Crippen LogP contribution in [0, 0.1) is 5.82 Å². The fourth-order valence-electron chi connectivity index (χ4n) is 1.67. The van der Waals surface area contributed by atoms with E-state index in [0.717, 1.165) is 5.56 Å². The van der Waals surface area contributed by atoms with Gasteiger partial charge in [0.2, 0.25) is 5.91 Å². The number of anilines is 1.